The molecule has 0 aromatic rings. The highest BCUT2D eigenvalue weighted by Crippen LogP contribution is 2.29. The van der Waals surface area contributed by atoms with Crippen LogP contribution in [-0.2, 0) is 4.74 Å². The first kappa shape index (κ1) is 18.9. The molecule has 21 heavy (non-hydrogen) atoms. The van der Waals surface area contributed by atoms with Crippen LogP contribution in [-0.4, -0.2) is 60.5 Å². The van der Waals surface area contributed by atoms with E-state index in [-0.39, 0.29) is 18.2 Å². The third kappa shape index (κ3) is 5.85. The summed E-state index contributed by atoms with van der Waals surface area (Å²) in [6.07, 6.45) is 2.31. The lowest BCUT2D eigenvalue weighted by molar-refractivity contribution is -0.0890. The Balaban J connectivity index is 2.71. The summed E-state index contributed by atoms with van der Waals surface area (Å²) in [6.45, 7) is 17.3. The summed E-state index contributed by atoms with van der Waals surface area (Å²) in [5.41, 5.74) is 0.443. The minimum Gasteiger partial charge on any atom is -0.394 e. The van der Waals surface area contributed by atoms with E-state index in [2.05, 4.69) is 51.8 Å². The summed E-state index contributed by atoms with van der Waals surface area (Å²) in [4.78, 5) is 2.50. The molecule has 1 fully saturated rings. The molecule has 0 spiro atoms. The van der Waals surface area contributed by atoms with E-state index in [1.807, 2.05) is 0 Å². The Bertz CT molecular complexity index is 298. The lowest BCUT2D eigenvalue weighted by Gasteiger charge is -2.44. The third-order valence-electron chi connectivity index (χ3n) is 4.87. The molecule has 4 heteroatoms. The quantitative estimate of drug-likeness (QED) is 0.757. The standard InChI is InChI=1S/C17H36N2O2/c1-7-17(8-2,12-18-16(4,5)6)13-19-9-15(10-20)21-11-14(19)3/h14-15,18,20H,7-13H2,1-6H3. The van der Waals surface area contributed by atoms with E-state index in [0.717, 1.165) is 26.2 Å². The van der Waals surface area contributed by atoms with E-state index in [1.54, 1.807) is 0 Å². The highest BCUT2D eigenvalue weighted by atomic mass is 16.5. The number of hydrogen-bond acceptors (Lipinski definition) is 4. The van der Waals surface area contributed by atoms with Gasteiger partial charge in [-0.1, -0.05) is 13.8 Å². The van der Waals surface area contributed by atoms with Crippen LogP contribution >= 0.6 is 0 Å². The van der Waals surface area contributed by atoms with Crippen LogP contribution in [0.5, 0.6) is 0 Å². The van der Waals surface area contributed by atoms with Crippen LogP contribution < -0.4 is 5.32 Å². The Morgan fingerprint density at radius 1 is 1.24 bits per heavy atom. The Labute approximate surface area is 131 Å². The molecular formula is C17H36N2O2. The molecule has 1 rings (SSSR count). The van der Waals surface area contributed by atoms with Crippen molar-refractivity contribution >= 4 is 0 Å². The van der Waals surface area contributed by atoms with Crippen molar-refractivity contribution in [2.75, 3.05) is 32.8 Å². The van der Waals surface area contributed by atoms with Gasteiger partial charge >= 0.3 is 0 Å². The van der Waals surface area contributed by atoms with E-state index in [0.29, 0.717) is 11.5 Å². The van der Waals surface area contributed by atoms with Gasteiger partial charge in [0.05, 0.1) is 19.3 Å². The zero-order valence-electron chi connectivity index (χ0n) is 14.9. The smallest absolute Gasteiger partial charge is 0.0933 e. The molecule has 0 saturated carbocycles. The Morgan fingerprint density at radius 2 is 1.86 bits per heavy atom. The molecular weight excluding hydrogens is 264 g/mol. The monoisotopic (exact) mass is 300 g/mol. The first-order valence-corrected chi connectivity index (χ1v) is 8.47. The number of rotatable bonds is 7. The zero-order valence-corrected chi connectivity index (χ0v) is 14.9. The summed E-state index contributed by atoms with van der Waals surface area (Å²) in [5, 5.41) is 13.0. The van der Waals surface area contributed by atoms with Crippen molar-refractivity contribution in [1.29, 1.82) is 0 Å². The maximum atomic E-state index is 9.35. The van der Waals surface area contributed by atoms with Gasteiger partial charge in [0, 0.05) is 31.2 Å². The van der Waals surface area contributed by atoms with Crippen LogP contribution in [0.15, 0.2) is 0 Å². The first-order chi connectivity index (χ1) is 9.75. The fourth-order valence-corrected chi connectivity index (χ4v) is 2.87. The number of aliphatic hydroxyl groups is 1. The van der Waals surface area contributed by atoms with E-state index in [1.165, 1.54) is 12.8 Å². The maximum Gasteiger partial charge on any atom is 0.0933 e. The van der Waals surface area contributed by atoms with Gasteiger partial charge in [-0.3, -0.25) is 4.90 Å². The molecule has 2 atom stereocenters. The van der Waals surface area contributed by atoms with Gasteiger partial charge in [-0.15, -0.1) is 0 Å². The van der Waals surface area contributed by atoms with Crippen LogP contribution in [0.4, 0.5) is 0 Å². The second-order valence-electron chi connectivity index (χ2n) is 7.73. The van der Waals surface area contributed by atoms with Gasteiger partial charge in [0.15, 0.2) is 0 Å². The average molecular weight is 300 g/mol. The van der Waals surface area contributed by atoms with Crippen molar-refractivity contribution in [3.8, 4) is 0 Å². The molecule has 0 aromatic heterocycles. The van der Waals surface area contributed by atoms with Crippen LogP contribution in [0.1, 0.15) is 54.4 Å². The first-order valence-electron chi connectivity index (χ1n) is 8.47. The lowest BCUT2D eigenvalue weighted by Crippen LogP contribution is -2.55. The fourth-order valence-electron chi connectivity index (χ4n) is 2.87. The lowest BCUT2D eigenvalue weighted by atomic mass is 9.80. The normalized spacial score (nSPS) is 25.3. The molecule has 0 aliphatic carbocycles. The second-order valence-corrected chi connectivity index (χ2v) is 7.73. The topological polar surface area (TPSA) is 44.7 Å². The van der Waals surface area contributed by atoms with Crippen molar-refractivity contribution in [3.05, 3.63) is 0 Å². The number of ether oxygens (including phenoxy) is 1. The summed E-state index contributed by atoms with van der Waals surface area (Å²) >= 11 is 0. The van der Waals surface area contributed by atoms with Gasteiger partial charge in [0.1, 0.15) is 0 Å². The summed E-state index contributed by atoms with van der Waals surface area (Å²) in [6, 6.07) is 0.430. The molecule has 0 radical (unpaired) electrons. The van der Waals surface area contributed by atoms with Crippen LogP contribution in [0, 0.1) is 5.41 Å². The highest BCUT2D eigenvalue weighted by molar-refractivity contribution is 4.89. The number of nitrogens with zero attached hydrogens (tertiary/aromatic N) is 1. The van der Waals surface area contributed by atoms with Crippen molar-refractivity contribution < 1.29 is 9.84 Å². The van der Waals surface area contributed by atoms with Gasteiger partial charge in [-0.05, 0) is 46.0 Å². The van der Waals surface area contributed by atoms with E-state index >= 15 is 0 Å². The molecule has 2 unspecified atom stereocenters. The predicted molar refractivity (Wildman–Crippen MR) is 88.6 cm³/mol. The molecule has 4 nitrogen and oxygen atoms in total. The molecule has 126 valence electrons. The second kappa shape index (κ2) is 7.91. The summed E-state index contributed by atoms with van der Waals surface area (Å²) in [7, 11) is 0. The fraction of sp³-hybridized carbons (Fsp3) is 1.00. The number of hydrogen-bond donors (Lipinski definition) is 2. The van der Waals surface area contributed by atoms with Crippen LogP contribution in [0.25, 0.3) is 0 Å². The van der Waals surface area contributed by atoms with Crippen LogP contribution in [0.3, 0.4) is 0 Å². The van der Waals surface area contributed by atoms with Gasteiger partial charge < -0.3 is 15.2 Å². The Hall–Kier alpha value is -0.160. The highest BCUT2D eigenvalue weighted by Gasteiger charge is 2.34. The van der Waals surface area contributed by atoms with E-state index in [9.17, 15) is 5.11 Å². The Morgan fingerprint density at radius 3 is 2.33 bits per heavy atom. The van der Waals surface area contributed by atoms with Gasteiger partial charge in [-0.25, -0.2) is 0 Å². The van der Waals surface area contributed by atoms with E-state index < -0.39 is 0 Å². The van der Waals surface area contributed by atoms with Crippen molar-refractivity contribution in [1.82, 2.24) is 10.2 Å². The third-order valence-corrected chi connectivity index (χ3v) is 4.87. The number of morpholine rings is 1. The predicted octanol–water partition coefficient (Wildman–Crippen LogP) is 2.26. The molecule has 1 saturated heterocycles. The van der Waals surface area contributed by atoms with Crippen molar-refractivity contribution in [2.24, 2.45) is 5.41 Å². The van der Waals surface area contributed by atoms with E-state index in [4.69, 9.17) is 4.74 Å². The molecule has 2 N–H and O–H groups in total. The van der Waals surface area contributed by atoms with Crippen molar-refractivity contribution in [2.45, 2.75) is 72.1 Å². The molecule has 1 aliphatic heterocycles. The van der Waals surface area contributed by atoms with Crippen LogP contribution in [0.2, 0.25) is 0 Å². The maximum absolute atomic E-state index is 9.35. The molecule has 0 amide bonds. The molecule has 0 bridgehead atoms. The largest absolute Gasteiger partial charge is 0.394 e. The molecule has 1 heterocycles. The SMILES string of the molecule is CCC(CC)(CNC(C)(C)C)CN1CC(CO)OCC1C. The minimum absolute atomic E-state index is 0.0248. The summed E-state index contributed by atoms with van der Waals surface area (Å²) < 4.78 is 5.66. The molecule has 0 aromatic carbocycles. The van der Waals surface area contributed by atoms with Gasteiger partial charge in [-0.2, -0.15) is 0 Å². The zero-order chi connectivity index (χ0) is 16.1. The Kier molecular flexibility index (Phi) is 7.11. The van der Waals surface area contributed by atoms with Gasteiger partial charge in [0.25, 0.3) is 0 Å². The number of aliphatic hydroxyl groups excluding tert-OH is 1. The average Bonchev–Trinajstić information content (AvgIpc) is 2.45. The summed E-state index contributed by atoms with van der Waals surface area (Å²) in [5.74, 6) is 0. The molecule has 1 aliphatic rings. The van der Waals surface area contributed by atoms with Gasteiger partial charge in [0.2, 0.25) is 0 Å². The minimum atomic E-state index is -0.0248. The number of nitrogens with one attached hydrogen (secondary N) is 1. The van der Waals surface area contributed by atoms with Crippen molar-refractivity contribution in [3.63, 3.8) is 0 Å².